The maximum atomic E-state index is 12.3. The molecule has 3 rings (SSSR count). The summed E-state index contributed by atoms with van der Waals surface area (Å²) in [5.74, 6) is -0.608. The molecule has 0 atom stereocenters. The second-order valence-corrected chi connectivity index (χ2v) is 7.21. The Hall–Kier alpha value is -1.90. The number of para-hydroxylation sites is 1. The molecule has 1 aromatic carbocycles. The zero-order valence-corrected chi connectivity index (χ0v) is 13.1. The smallest absolute Gasteiger partial charge is 0.304 e. The van der Waals surface area contributed by atoms with Crippen LogP contribution < -0.4 is 9.62 Å². The lowest BCUT2D eigenvalue weighted by atomic mass is 10.2. The van der Waals surface area contributed by atoms with Gasteiger partial charge in [-0.15, -0.1) is 0 Å². The summed E-state index contributed by atoms with van der Waals surface area (Å²) in [6.45, 7) is 2.31. The molecular formula is C14H19N4O3S+. The summed E-state index contributed by atoms with van der Waals surface area (Å²) in [7, 11) is -1.77. The highest BCUT2D eigenvalue weighted by atomic mass is 32.2. The van der Waals surface area contributed by atoms with Crippen LogP contribution in [-0.4, -0.2) is 56.8 Å². The van der Waals surface area contributed by atoms with Gasteiger partial charge in [0.2, 0.25) is 0 Å². The van der Waals surface area contributed by atoms with Gasteiger partial charge in [-0.3, -0.25) is 4.79 Å². The molecule has 8 heteroatoms. The van der Waals surface area contributed by atoms with Gasteiger partial charge in [0.1, 0.15) is 0 Å². The molecule has 1 aliphatic rings. The van der Waals surface area contributed by atoms with Crippen LogP contribution in [0.25, 0.3) is 10.9 Å². The highest BCUT2D eigenvalue weighted by Gasteiger charge is 2.29. The monoisotopic (exact) mass is 323 g/mol. The summed E-state index contributed by atoms with van der Waals surface area (Å²) in [6.07, 6.45) is 1.53. The fraction of sp³-hybridized carbons (Fsp3) is 0.357. The zero-order chi connectivity index (χ0) is 15.7. The number of nitrogens with one attached hydrogen (secondary N) is 3. The molecule has 0 aliphatic carbocycles. The summed E-state index contributed by atoms with van der Waals surface area (Å²) in [6, 6.07) is 7.28. The minimum Gasteiger partial charge on any atom is -0.360 e. The molecule has 2 heterocycles. The maximum Gasteiger partial charge on any atom is 0.304 e. The standard InChI is InChI=1S/C14H18N4O3S/c1-17-6-8-18(9-7-17)22(20,21)16-14(19)12-10-15-13-5-3-2-4-11(12)13/h2-5,10,15H,6-9H2,1H3,(H,16,19)/p+1. The number of likely N-dealkylation sites (N-methyl/N-ethyl adjacent to an activating group) is 1. The van der Waals surface area contributed by atoms with E-state index in [2.05, 4.69) is 9.71 Å². The Balaban J connectivity index is 1.78. The molecule has 0 unspecified atom stereocenters. The number of hydrogen-bond donors (Lipinski definition) is 3. The van der Waals surface area contributed by atoms with Crippen LogP contribution in [0, 0.1) is 0 Å². The van der Waals surface area contributed by atoms with E-state index in [1.54, 1.807) is 6.07 Å². The molecule has 1 aromatic heterocycles. The first kappa shape index (κ1) is 15.0. The predicted molar refractivity (Wildman–Crippen MR) is 82.9 cm³/mol. The Labute approximate surface area is 129 Å². The summed E-state index contributed by atoms with van der Waals surface area (Å²) >= 11 is 0. The van der Waals surface area contributed by atoms with Crippen molar-refractivity contribution in [2.45, 2.75) is 0 Å². The van der Waals surface area contributed by atoms with Crippen molar-refractivity contribution in [2.75, 3.05) is 33.2 Å². The third-order valence-corrected chi connectivity index (χ3v) is 5.46. The quantitative estimate of drug-likeness (QED) is 0.675. The largest absolute Gasteiger partial charge is 0.360 e. The minimum absolute atomic E-state index is 0.332. The zero-order valence-electron chi connectivity index (χ0n) is 12.3. The third kappa shape index (κ3) is 2.85. The van der Waals surface area contributed by atoms with Gasteiger partial charge in [0.05, 0.1) is 38.8 Å². The first-order valence-electron chi connectivity index (χ1n) is 7.17. The molecule has 1 saturated heterocycles. The number of H-pyrrole nitrogens is 1. The number of quaternary nitrogens is 1. The molecule has 2 aromatic rings. The van der Waals surface area contributed by atoms with E-state index in [9.17, 15) is 13.2 Å². The Morgan fingerprint density at radius 3 is 2.68 bits per heavy atom. The van der Waals surface area contributed by atoms with Gasteiger partial charge in [-0.1, -0.05) is 18.2 Å². The van der Waals surface area contributed by atoms with Crippen molar-refractivity contribution in [3.05, 3.63) is 36.0 Å². The number of benzene rings is 1. The molecular weight excluding hydrogens is 304 g/mol. The number of aromatic nitrogens is 1. The molecule has 0 bridgehead atoms. The number of piperazine rings is 1. The van der Waals surface area contributed by atoms with Crippen molar-refractivity contribution >= 4 is 27.0 Å². The molecule has 1 amide bonds. The Morgan fingerprint density at radius 2 is 1.95 bits per heavy atom. The summed E-state index contributed by atoms with van der Waals surface area (Å²) < 4.78 is 28.1. The topological polar surface area (TPSA) is 86.7 Å². The van der Waals surface area contributed by atoms with E-state index in [0.29, 0.717) is 24.0 Å². The van der Waals surface area contributed by atoms with E-state index in [-0.39, 0.29) is 0 Å². The van der Waals surface area contributed by atoms with Gasteiger partial charge >= 0.3 is 10.2 Å². The van der Waals surface area contributed by atoms with Crippen molar-refractivity contribution in [3.63, 3.8) is 0 Å². The number of fused-ring (bicyclic) bond motifs is 1. The maximum absolute atomic E-state index is 12.3. The number of nitrogens with zero attached hydrogens (tertiary/aromatic N) is 1. The number of aromatic amines is 1. The van der Waals surface area contributed by atoms with Gasteiger partial charge in [0, 0.05) is 17.1 Å². The van der Waals surface area contributed by atoms with E-state index >= 15 is 0 Å². The molecule has 118 valence electrons. The molecule has 0 spiro atoms. The van der Waals surface area contributed by atoms with Crippen LogP contribution >= 0.6 is 0 Å². The minimum atomic E-state index is -3.79. The molecule has 3 N–H and O–H groups in total. The van der Waals surface area contributed by atoms with Crippen molar-refractivity contribution < 1.29 is 18.1 Å². The molecule has 0 radical (unpaired) electrons. The Bertz CT molecular complexity index is 791. The van der Waals surface area contributed by atoms with Crippen molar-refractivity contribution in [1.29, 1.82) is 0 Å². The number of carbonyl (C=O) groups excluding carboxylic acids is 1. The number of carbonyl (C=O) groups is 1. The molecule has 7 nitrogen and oxygen atoms in total. The fourth-order valence-electron chi connectivity index (χ4n) is 2.60. The van der Waals surface area contributed by atoms with Crippen molar-refractivity contribution in [1.82, 2.24) is 14.0 Å². The summed E-state index contributed by atoms with van der Waals surface area (Å²) in [5.41, 5.74) is 1.13. The molecule has 1 fully saturated rings. The van der Waals surface area contributed by atoms with Crippen LogP contribution in [0.1, 0.15) is 10.4 Å². The normalized spacial score (nSPS) is 17.7. The second-order valence-electron chi connectivity index (χ2n) is 5.54. The average molecular weight is 323 g/mol. The predicted octanol–water partition coefficient (Wildman–Crippen LogP) is -1.03. The van der Waals surface area contributed by atoms with E-state index in [1.165, 1.54) is 15.4 Å². The first-order chi connectivity index (χ1) is 10.5. The lowest BCUT2D eigenvalue weighted by Gasteiger charge is -2.29. The Morgan fingerprint density at radius 1 is 1.27 bits per heavy atom. The van der Waals surface area contributed by atoms with Crippen LogP contribution in [0.2, 0.25) is 0 Å². The van der Waals surface area contributed by atoms with Crippen LogP contribution in [-0.2, 0) is 10.2 Å². The van der Waals surface area contributed by atoms with Gasteiger partial charge < -0.3 is 9.88 Å². The van der Waals surface area contributed by atoms with Gasteiger partial charge in [-0.05, 0) is 6.07 Å². The van der Waals surface area contributed by atoms with Gasteiger partial charge in [-0.2, -0.15) is 12.7 Å². The highest BCUT2D eigenvalue weighted by molar-refractivity contribution is 7.87. The fourth-order valence-corrected chi connectivity index (χ4v) is 3.74. The van der Waals surface area contributed by atoms with Crippen molar-refractivity contribution in [2.24, 2.45) is 0 Å². The van der Waals surface area contributed by atoms with Crippen LogP contribution in [0.3, 0.4) is 0 Å². The van der Waals surface area contributed by atoms with Gasteiger partial charge in [0.15, 0.2) is 0 Å². The second kappa shape index (κ2) is 5.71. The first-order valence-corrected chi connectivity index (χ1v) is 8.61. The molecule has 22 heavy (non-hydrogen) atoms. The average Bonchev–Trinajstić information content (AvgIpc) is 2.91. The van der Waals surface area contributed by atoms with Crippen LogP contribution in [0.5, 0.6) is 0 Å². The van der Waals surface area contributed by atoms with E-state index in [1.807, 2.05) is 25.2 Å². The highest BCUT2D eigenvalue weighted by Crippen LogP contribution is 2.17. The van der Waals surface area contributed by atoms with Crippen molar-refractivity contribution in [3.8, 4) is 0 Å². The van der Waals surface area contributed by atoms with E-state index in [0.717, 1.165) is 18.6 Å². The summed E-state index contributed by atoms with van der Waals surface area (Å²) in [4.78, 5) is 16.6. The van der Waals surface area contributed by atoms with E-state index in [4.69, 9.17) is 0 Å². The number of amides is 1. The lowest BCUT2D eigenvalue weighted by molar-refractivity contribution is -0.883. The van der Waals surface area contributed by atoms with E-state index < -0.39 is 16.1 Å². The van der Waals surface area contributed by atoms with Gasteiger partial charge in [0.25, 0.3) is 5.91 Å². The van der Waals surface area contributed by atoms with Gasteiger partial charge in [-0.25, -0.2) is 4.72 Å². The lowest BCUT2D eigenvalue weighted by Crippen LogP contribution is -3.12. The molecule has 0 saturated carbocycles. The number of hydrogen-bond acceptors (Lipinski definition) is 3. The molecule has 1 aliphatic heterocycles. The Kier molecular flexibility index (Phi) is 3.90. The summed E-state index contributed by atoms with van der Waals surface area (Å²) in [5, 5.41) is 0.707. The van der Waals surface area contributed by atoms with Crippen LogP contribution in [0.4, 0.5) is 0 Å². The SMILES string of the molecule is C[NH+]1CCN(S(=O)(=O)NC(=O)c2c[nH]c3ccccc23)CC1. The third-order valence-electron chi connectivity index (χ3n) is 3.97. The van der Waals surface area contributed by atoms with Crippen LogP contribution in [0.15, 0.2) is 30.5 Å². The number of rotatable bonds is 3.